The highest BCUT2D eigenvalue weighted by molar-refractivity contribution is 5.89. The summed E-state index contributed by atoms with van der Waals surface area (Å²) in [6.45, 7) is 0. The fraction of sp³-hybridized carbons (Fsp3) is 0. The molecule has 0 aliphatic heterocycles. The predicted molar refractivity (Wildman–Crippen MR) is 71.8 cm³/mol. The van der Waals surface area contributed by atoms with Crippen molar-refractivity contribution in [1.82, 2.24) is 10.3 Å². The van der Waals surface area contributed by atoms with Crippen LogP contribution in [0.2, 0.25) is 0 Å². The summed E-state index contributed by atoms with van der Waals surface area (Å²) in [6, 6.07) is 11.0. The first-order valence-electron chi connectivity index (χ1n) is 5.65. The number of hydrogen-bond donors (Lipinski definition) is 2. The number of carbonyl (C=O) groups is 1. The standard InChI is InChI=1S/C14H12FN3O/c15-12-6-2-1-5-11(12)8-10-17-14(19)18-13-7-3-4-9-16-13/h1-10H,(H2,16,17,18,19)/b10-8+. The Labute approximate surface area is 110 Å². The minimum atomic E-state index is -0.439. The molecule has 0 bridgehead atoms. The molecule has 0 saturated heterocycles. The summed E-state index contributed by atoms with van der Waals surface area (Å²) in [5.74, 6) is 0.102. The SMILES string of the molecule is O=C(N/C=C/c1ccccc1F)Nc1ccccn1. The van der Waals surface area contributed by atoms with E-state index in [0.717, 1.165) is 0 Å². The highest BCUT2D eigenvalue weighted by Gasteiger charge is 1.99. The highest BCUT2D eigenvalue weighted by Crippen LogP contribution is 2.07. The number of pyridine rings is 1. The Kier molecular flexibility index (Phi) is 4.23. The van der Waals surface area contributed by atoms with Gasteiger partial charge in [-0.2, -0.15) is 0 Å². The quantitative estimate of drug-likeness (QED) is 0.888. The molecule has 1 aromatic carbocycles. The number of amides is 2. The Bertz CT molecular complexity index is 584. The second kappa shape index (κ2) is 6.30. The lowest BCUT2D eigenvalue weighted by Crippen LogP contribution is -2.24. The molecule has 1 aromatic heterocycles. The van der Waals surface area contributed by atoms with Crippen molar-refractivity contribution in [3.8, 4) is 0 Å². The van der Waals surface area contributed by atoms with Crippen LogP contribution in [0.1, 0.15) is 5.56 Å². The van der Waals surface area contributed by atoms with Gasteiger partial charge in [0.25, 0.3) is 0 Å². The van der Waals surface area contributed by atoms with Crippen LogP contribution in [0, 0.1) is 5.82 Å². The second-order valence-electron chi connectivity index (χ2n) is 3.67. The molecular weight excluding hydrogens is 245 g/mol. The minimum absolute atomic E-state index is 0.342. The Morgan fingerprint density at radius 1 is 1.16 bits per heavy atom. The molecular formula is C14H12FN3O. The third-order valence-corrected chi connectivity index (χ3v) is 2.29. The molecule has 0 aliphatic carbocycles. The molecule has 2 N–H and O–H groups in total. The number of rotatable bonds is 3. The van der Waals surface area contributed by atoms with Crippen LogP contribution in [0.4, 0.5) is 15.0 Å². The molecule has 0 fully saturated rings. The van der Waals surface area contributed by atoms with Crippen LogP contribution in [-0.4, -0.2) is 11.0 Å². The fourth-order valence-electron chi connectivity index (χ4n) is 1.41. The fourth-order valence-corrected chi connectivity index (χ4v) is 1.41. The molecule has 2 aromatic rings. The molecule has 1 heterocycles. The molecule has 2 rings (SSSR count). The average molecular weight is 257 g/mol. The number of nitrogens with zero attached hydrogens (tertiary/aromatic N) is 1. The smallest absolute Gasteiger partial charge is 0.314 e. The lowest BCUT2D eigenvalue weighted by atomic mass is 10.2. The van der Waals surface area contributed by atoms with Crippen LogP contribution in [0.5, 0.6) is 0 Å². The van der Waals surface area contributed by atoms with E-state index in [9.17, 15) is 9.18 Å². The van der Waals surface area contributed by atoms with E-state index in [1.165, 1.54) is 18.3 Å². The topological polar surface area (TPSA) is 54.0 Å². The maximum Gasteiger partial charge on any atom is 0.324 e. The maximum atomic E-state index is 13.3. The third-order valence-electron chi connectivity index (χ3n) is 2.29. The Balaban J connectivity index is 1.89. The van der Waals surface area contributed by atoms with Gasteiger partial charge in [0.15, 0.2) is 0 Å². The summed E-state index contributed by atoms with van der Waals surface area (Å²) in [5, 5.41) is 5.01. The number of hydrogen-bond acceptors (Lipinski definition) is 2. The first-order chi connectivity index (χ1) is 9.25. The van der Waals surface area contributed by atoms with Crippen molar-refractivity contribution < 1.29 is 9.18 Å². The molecule has 5 heteroatoms. The normalized spacial score (nSPS) is 10.4. The first kappa shape index (κ1) is 12.8. The van der Waals surface area contributed by atoms with Crippen molar-refractivity contribution in [2.24, 2.45) is 0 Å². The van der Waals surface area contributed by atoms with Crippen molar-refractivity contribution >= 4 is 17.9 Å². The number of halogens is 1. The van der Waals surface area contributed by atoms with Gasteiger partial charge in [-0.3, -0.25) is 5.32 Å². The van der Waals surface area contributed by atoms with Crippen LogP contribution in [0.3, 0.4) is 0 Å². The van der Waals surface area contributed by atoms with E-state index < -0.39 is 6.03 Å². The first-order valence-corrected chi connectivity index (χ1v) is 5.65. The molecule has 0 saturated carbocycles. The van der Waals surface area contributed by atoms with Crippen molar-refractivity contribution in [2.45, 2.75) is 0 Å². The summed E-state index contributed by atoms with van der Waals surface area (Å²) in [6.07, 6.45) is 4.43. The lowest BCUT2D eigenvalue weighted by Gasteiger charge is -2.02. The van der Waals surface area contributed by atoms with Gasteiger partial charge in [0, 0.05) is 18.0 Å². The highest BCUT2D eigenvalue weighted by atomic mass is 19.1. The average Bonchev–Trinajstić information content (AvgIpc) is 2.42. The Morgan fingerprint density at radius 3 is 2.68 bits per heavy atom. The van der Waals surface area contributed by atoms with Gasteiger partial charge < -0.3 is 5.32 Å². The van der Waals surface area contributed by atoms with Crippen molar-refractivity contribution in [3.63, 3.8) is 0 Å². The number of aromatic nitrogens is 1. The Hall–Kier alpha value is -2.69. The number of nitrogens with one attached hydrogen (secondary N) is 2. The predicted octanol–water partition coefficient (Wildman–Crippen LogP) is 3.01. The van der Waals surface area contributed by atoms with Gasteiger partial charge in [-0.1, -0.05) is 24.3 Å². The zero-order valence-corrected chi connectivity index (χ0v) is 10.0. The summed E-state index contributed by atoms with van der Waals surface area (Å²) in [7, 11) is 0. The van der Waals surface area contributed by atoms with E-state index in [0.29, 0.717) is 11.4 Å². The van der Waals surface area contributed by atoms with Gasteiger partial charge >= 0.3 is 6.03 Å². The van der Waals surface area contributed by atoms with Crippen LogP contribution in [0.15, 0.2) is 54.9 Å². The van der Waals surface area contributed by atoms with Crippen LogP contribution >= 0.6 is 0 Å². The van der Waals surface area contributed by atoms with Crippen molar-refractivity contribution in [2.75, 3.05) is 5.32 Å². The van der Waals surface area contributed by atoms with E-state index in [1.54, 1.807) is 42.6 Å². The van der Waals surface area contributed by atoms with Crippen LogP contribution in [0.25, 0.3) is 6.08 Å². The second-order valence-corrected chi connectivity index (χ2v) is 3.67. The molecule has 0 aliphatic rings. The van der Waals surface area contributed by atoms with Gasteiger partial charge in [-0.25, -0.2) is 14.2 Å². The van der Waals surface area contributed by atoms with E-state index >= 15 is 0 Å². The van der Waals surface area contributed by atoms with Gasteiger partial charge in [0.2, 0.25) is 0 Å². The van der Waals surface area contributed by atoms with E-state index in [1.807, 2.05) is 0 Å². The van der Waals surface area contributed by atoms with Gasteiger partial charge in [-0.05, 0) is 24.3 Å². The Morgan fingerprint density at radius 2 is 1.95 bits per heavy atom. The van der Waals surface area contributed by atoms with E-state index in [-0.39, 0.29) is 5.82 Å². The van der Waals surface area contributed by atoms with Gasteiger partial charge in [-0.15, -0.1) is 0 Å². The zero-order chi connectivity index (χ0) is 13.5. The number of anilines is 1. The number of benzene rings is 1. The molecule has 0 spiro atoms. The largest absolute Gasteiger partial charge is 0.324 e. The summed E-state index contributed by atoms with van der Waals surface area (Å²) in [5.41, 5.74) is 0.403. The maximum absolute atomic E-state index is 13.3. The van der Waals surface area contributed by atoms with E-state index in [2.05, 4.69) is 15.6 Å². The molecule has 19 heavy (non-hydrogen) atoms. The molecule has 0 radical (unpaired) electrons. The molecule has 2 amide bonds. The minimum Gasteiger partial charge on any atom is -0.314 e. The van der Waals surface area contributed by atoms with Crippen molar-refractivity contribution in [1.29, 1.82) is 0 Å². The van der Waals surface area contributed by atoms with Gasteiger partial charge in [0.1, 0.15) is 11.6 Å². The van der Waals surface area contributed by atoms with Crippen molar-refractivity contribution in [3.05, 3.63) is 66.2 Å². The molecule has 4 nitrogen and oxygen atoms in total. The summed E-state index contributed by atoms with van der Waals surface area (Å²) in [4.78, 5) is 15.4. The zero-order valence-electron chi connectivity index (χ0n) is 10.0. The number of urea groups is 1. The number of carbonyl (C=O) groups excluding carboxylic acids is 1. The third kappa shape index (κ3) is 3.92. The molecule has 96 valence electrons. The summed E-state index contributed by atoms with van der Waals surface area (Å²) < 4.78 is 13.3. The van der Waals surface area contributed by atoms with Crippen LogP contribution in [-0.2, 0) is 0 Å². The van der Waals surface area contributed by atoms with Gasteiger partial charge in [0.05, 0.1) is 0 Å². The molecule has 0 unspecified atom stereocenters. The summed E-state index contributed by atoms with van der Waals surface area (Å²) >= 11 is 0. The molecule has 0 atom stereocenters. The van der Waals surface area contributed by atoms with Crippen LogP contribution < -0.4 is 10.6 Å². The van der Waals surface area contributed by atoms with E-state index in [4.69, 9.17) is 0 Å². The lowest BCUT2D eigenvalue weighted by molar-refractivity contribution is 0.255. The monoisotopic (exact) mass is 257 g/mol.